The van der Waals surface area contributed by atoms with Crippen LogP contribution in [0.2, 0.25) is 0 Å². The molecule has 2 aromatic carbocycles. The summed E-state index contributed by atoms with van der Waals surface area (Å²) >= 11 is 6.40. The van der Waals surface area contributed by atoms with Crippen molar-refractivity contribution in [3.63, 3.8) is 0 Å². The first-order valence-corrected chi connectivity index (χ1v) is 9.02. The van der Waals surface area contributed by atoms with Crippen LogP contribution in [0.1, 0.15) is 11.1 Å². The van der Waals surface area contributed by atoms with Gasteiger partial charge in [-0.3, -0.25) is 4.79 Å². The number of hydrogen-bond acceptors (Lipinski definition) is 5. The molecule has 1 amide bonds. The van der Waals surface area contributed by atoms with Crippen LogP contribution >= 0.6 is 24.0 Å². The number of thioether (sulfide) groups is 1. The van der Waals surface area contributed by atoms with Crippen LogP contribution in [0, 0.1) is 5.82 Å². The van der Waals surface area contributed by atoms with Gasteiger partial charge in [-0.2, -0.15) is 10.1 Å². The molecule has 0 spiro atoms. The molecule has 1 heterocycles. The number of hydrazone groups is 1. The van der Waals surface area contributed by atoms with Crippen LogP contribution in [-0.4, -0.2) is 35.5 Å². The third-order valence-electron chi connectivity index (χ3n) is 3.70. The van der Waals surface area contributed by atoms with Gasteiger partial charge in [0.25, 0.3) is 5.91 Å². The minimum Gasteiger partial charge on any atom is -0.378 e. The van der Waals surface area contributed by atoms with E-state index >= 15 is 0 Å². The second-order valence-electron chi connectivity index (χ2n) is 5.75. The predicted octanol–water partition coefficient (Wildman–Crippen LogP) is 4.13. The number of halogens is 1. The van der Waals surface area contributed by atoms with Gasteiger partial charge in [-0.05, 0) is 42.1 Å². The summed E-state index contributed by atoms with van der Waals surface area (Å²) in [6, 6.07) is 14.0. The maximum absolute atomic E-state index is 13.7. The maximum atomic E-state index is 13.7. The minimum absolute atomic E-state index is 0.296. The Bertz CT molecular complexity index is 907. The number of carbonyl (C=O) groups excluding carboxylic acids is 1. The van der Waals surface area contributed by atoms with Gasteiger partial charge in [0.05, 0.1) is 11.1 Å². The molecule has 26 heavy (non-hydrogen) atoms. The molecule has 0 atom stereocenters. The number of hydrogen-bond donors (Lipinski definition) is 0. The lowest BCUT2D eigenvalue weighted by molar-refractivity contribution is -0.122. The van der Waals surface area contributed by atoms with Crippen molar-refractivity contribution in [3.8, 4) is 0 Å². The first kappa shape index (κ1) is 18.3. The highest BCUT2D eigenvalue weighted by Gasteiger charge is 2.32. The second kappa shape index (κ2) is 7.80. The molecule has 0 saturated carbocycles. The van der Waals surface area contributed by atoms with Crippen molar-refractivity contribution in [2.24, 2.45) is 5.10 Å². The first-order valence-electron chi connectivity index (χ1n) is 7.79. The maximum Gasteiger partial charge on any atom is 0.286 e. The van der Waals surface area contributed by atoms with Gasteiger partial charge >= 0.3 is 0 Å². The van der Waals surface area contributed by atoms with E-state index in [9.17, 15) is 9.18 Å². The zero-order valence-corrected chi connectivity index (χ0v) is 15.9. The molecule has 3 rings (SSSR count). The largest absolute Gasteiger partial charge is 0.378 e. The van der Waals surface area contributed by atoms with E-state index in [1.54, 1.807) is 24.3 Å². The molecule has 0 unspecified atom stereocenters. The SMILES string of the molecule is CN(C)c1ccc(/C=C2/SC(=S)N(/N=C/c3ccccc3F)C2=O)cc1. The Hall–Kier alpha value is -2.51. The fourth-order valence-corrected chi connectivity index (χ4v) is 3.45. The lowest BCUT2D eigenvalue weighted by Gasteiger charge is -2.11. The number of benzene rings is 2. The molecule has 0 aromatic heterocycles. The summed E-state index contributed by atoms with van der Waals surface area (Å²) in [6.07, 6.45) is 3.08. The quantitative estimate of drug-likeness (QED) is 0.450. The first-order chi connectivity index (χ1) is 12.5. The fraction of sp³-hybridized carbons (Fsp3) is 0.105. The molecular weight excluding hydrogens is 369 g/mol. The third kappa shape index (κ3) is 4.00. The molecule has 0 aliphatic carbocycles. The monoisotopic (exact) mass is 385 g/mol. The van der Waals surface area contributed by atoms with Gasteiger partial charge < -0.3 is 4.90 Å². The van der Waals surface area contributed by atoms with Gasteiger partial charge in [0.15, 0.2) is 4.32 Å². The molecule has 1 aliphatic heterocycles. The Morgan fingerprint density at radius 2 is 1.85 bits per heavy atom. The van der Waals surface area contributed by atoms with Crippen molar-refractivity contribution in [3.05, 3.63) is 70.4 Å². The fourth-order valence-electron chi connectivity index (χ4n) is 2.28. The van der Waals surface area contributed by atoms with Gasteiger partial charge in [0.1, 0.15) is 5.82 Å². The van der Waals surface area contributed by atoms with E-state index in [1.807, 2.05) is 43.3 Å². The molecule has 4 nitrogen and oxygen atoms in total. The molecule has 0 bridgehead atoms. The van der Waals surface area contributed by atoms with Crippen molar-refractivity contribution in [2.45, 2.75) is 0 Å². The molecule has 0 N–H and O–H groups in total. The lowest BCUT2D eigenvalue weighted by Crippen LogP contribution is -2.22. The third-order valence-corrected chi connectivity index (χ3v) is 4.98. The average Bonchev–Trinajstić information content (AvgIpc) is 2.88. The summed E-state index contributed by atoms with van der Waals surface area (Å²) in [5.74, 6) is -0.720. The lowest BCUT2D eigenvalue weighted by atomic mass is 10.2. The molecule has 1 saturated heterocycles. The smallest absolute Gasteiger partial charge is 0.286 e. The zero-order chi connectivity index (χ0) is 18.7. The van der Waals surface area contributed by atoms with E-state index in [2.05, 4.69) is 5.10 Å². The molecule has 132 valence electrons. The number of anilines is 1. The van der Waals surface area contributed by atoms with E-state index in [0.717, 1.165) is 16.3 Å². The van der Waals surface area contributed by atoms with E-state index in [-0.39, 0.29) is 5.91 Å². The highest BCUT2D eigenvalue weighted by atomic mass is 32.2. The zero-order valence-electron chi connectivity index (χ0n) is 14.2. The molecule has 1 fully saturated rings. The topological polar surface area (TPSA) is 35.9 Å². The summed E-state index contributed by atoms with van der Waals surface area (Å²) in [4.78, 5) is 15.0. The van der Waals surface area contributed by atoms with Gasteiger partial charge in [-0.1, -0.05) is 42.1 Å². The van der Waals surface area contributed by atoms with E-state index in [1.165, 1.54) is 24.0 Å². The van der Waals surface area contributed by atoms with Gasteiger partial charge in [0.2, 0.25) is 0 Å². The van der Waals surface area contributed by atoms with Crippen molar-refractivity contribution in [2.75, 3.05) is 19.0 Å². The van der Waals surface area contributed by atoms with Crippen molar-refractivity contribution in [1.29, 1.82) is 0 Å². The van der Waals surface area contributed by atoms with Crippen LogP contribution in [0.5, 0.6) is 0 Å². The van der Waals surface area contributed by atoms with Gasteiger partial charge in [-0.25, -0.2) is 4.39 Å². The summed E-state index contributed by atoms with van der Waals surface area (Å²) in [7, 11) is 3.93. The second-order valence-corrected chi connectivity index (χ2v) is 7.42. The van der Waals surface area contributed by atoms with Crippen molar-refractivity contribution >= 4 is 52.2 Å². The number of amides is 1. The highest BCUT2D eigenvalue weighted by Crippen LogP contribution is 2.33. The Morgan fingerprint density at radius 3 is 2.50 bits per heavy atom. The van der Waals surface area contributed by atoms with Crippen molar-refractivity contribution < 1.29 is 9.18 Å². The number of carbonyl (C=O) groups is 1. The van der Waals surface area contributed by atoms with Crippen LogP contribution < -0.4 is 4.90 Å². The Labute approximate surface area is 161 Å². The van der Waals surface area contributed by atoms with Crippen LogP contribution in [0.3, 0.4) is 0 Å². The van der Waals surface area contributed by atoms with Gasteiger partial charge in [0, 0.05) is 25.3 Å². The van der Waals surface area contributed by atoms with Gasteiger partial charge in [-0.15, -0.1) is 0 Å². The van der Waals surface area contributed by atoms with Crippen molar-refractivity contribution in [1.82, 2.24) is 5.01 Å². The number of thiocarbonyl (C=S) groups is 1. The van der Waals surface area contributed by atoms with E-state index in [0.29, 0.717) is 14.8 Å². The minimum atomic E-state index is -0.404. The van der Waals surface area contributed by atoms with Crippen LogP contribution in [0.4, 0.5) is 10.1 Å². The Morgan fingerprint density at radius 1 is 1.15 bits per heavy atom. The van der Waals surface area contributed by atoms with E-state index < -0.39 is 5.82 Å². The normalized spacial score (nSPS) is 16.1. The standard InChI is InChI=1S/C19H16FN3OS2/c1-22(2)15-9-7-13(8-10-15)11-17-18(24)23(19(25)26-17)21-12-14-5-3-4-6-16(14)20/h3-12H,1-2H3/b17-11+,21-12+. The number of nitrogens with zero attached hydrogens (tertiary/aromatic N) is 3. The van der Waals surface area contributed by atoms with Crippen LogP contribution in [0.25, 0.3) is 6.08 Å². The molecular formula is C19H16FN3OS2. The summed E-state index contributed by atoms with van der Waals surface area (Å²) < 4.78 is 14.0. The highest BCUT2D eigenvalue weighted by molar-refractivity contribution is 8.26. The molecule has 2 aromatic rings. The summed E-state index contributed by atoms with van der Waals surface area (Å²) in [6.45, 7) is 0. The molecule has 1 aliphatic rings. The predicted molar refractivity (Wildman–Crippen MR) is 110 cm³/mol. The Kier molecular flexibility index (Phi) is 5.49. The average molecular weight is 385 g/mol. The summed E-state index contributed by atoms with van der Waals surface area (Å²) in [5, 5.41) is 5.17. The Balaban J connectivity index is 1.79. The van der Waals surface area contributed by atoms with Crippen LogP contribution in [-0.2, 0) is 4.79 Å². The number of rotatable bonds is 4. The summed E-state index contributed by atoms with van der Waals surface area (Å²) in [5.41, 5.74) is 2.27. The van der Waals surface area contributed by atoms with Crippen LogP contribution in [0.15, 0.2) is 58.5 Å². The van der Waals surface area contributed by atoms with E-state index in [4.69, 9.17) is 12.2 Å². The molecule has 0 radical (unpaired) electrons. The molecule has 7 heteroatoms.